The molecule has 1 aliphatic heterocycles. The van der Waals surface area contributed by atoms with Crippen molar-refractivity contribution in [2.24, 2.45) is 0 Å². The lowest BCUT2D eigenvalue weighted by Gasteiger charge is -2.31. The Morgan fingerprint density at radius 3 is 1.97 bits per heavy atom. The van der Waals surface area contributed by atoms with Crippen LogP contribution in [0.5, 0.6) is 23.0 Å². The van der Waals surface area contributed by atoms with E-state index in [-0.39, 0.29) is 0 Å². The molecule has 0 saturated heterocycles. The number of ether oxygens (including phenoxy) is 2. The highest BCUT2D eigenvalue weighted by Crippen LogP contribution is 2.55. The van der Waals surface area contributed by atoms with Crippen molar-refractivity contribution in [2.75, 3.05) is 4.90 Å². The van der Waals surface area contributed by atoms with Gasteiger partial charge in [0.1, 0.15) is 0 Å². The molecule has 0 atom stereocenters. The minimum absolute atomic E-state index is 0.627. The molecule has 0 aromatic heterocycles. The van der Waals surface area contributed by atoms with Gasteiger partial charge in [-0.3, -0.25) is 0 Å². The molecular formula is C24H15BrClNO2. The fourth-order valence-electron chi connectivity index (χ4n) is 3.35. The molecule has 0 saturated carbocycles. The summed E-state index contributed by atoms with van der Waals surface area (Å²) < 4.78 is 13.3. The topological polar surface area (TPSA) is 21.7 Å². The molecule has 1 aliphatic rings. The Labute approximate surface area is 182 Å². The van der Waals surface area contributed by atoms with Crippen LogP contribution in [0.3, 0.4) is 0 Å². The maximum Gasteiger partial charge on any atom is 0.195 e. The van der Waals surface area contributed by atoms with Crippen LogP contribution in [0.25, 0.3) is 0 Å². The van der Waals surface area contributed by atoms with E-state index >= 15 is 0 Å². The Hall–Kier alpha value is -2.95. The maximum atomic E-state index is 6.59. The lowest BCUT2D eigenvalue weighted by atomic mass is 10.1. The van der Waals surface area contributed by atoms with Gasteiger partial charge in [0.05, 0.1) is 20.9 Å². The molecule has 29 heavy (non-hydrogen) atoms. The summed E-state index contributed by atoms with van der Waals surface area (Å²) in [5, 5.41) is 0.644. The molecule has 0 N–H and O–H groups in total. The molecule has 4 aromatic carbocycles. The number of rotatable bonds is 3. The summed E-state index contributed by atoms with van der Waals surface area (Å²) in [7, 11) is 0. The summed E-state index contributed by atoms with van der Waals surface area (Å²) in [6.07, 6.45) is 0. The predicted molar refractivity (Wildman–Crippen MR) is 120 cm³/mol. The number of anilines is 3. The number of hydrogen-bond donors (Lipinski definition) is 0. The molecule has 0 amide bonds. The van der Waals surface area contributed by atoms with Crippen molar-refractivity contribution in [2.45, 2.75) is 0 Å². The molecule has 3 nitrogen and oxygen atoms in total. The molecular weight excluding hydrogens is 450 g/mol. The number of halogens is 2. The van der Waals surface area contributed by atoms with E-state index in [2.05, 4.69) is 20.8 Å². The van der Waals surface area contributed by atoms with Gasteiger partial charge in [0.15, 0.2) is 23.0 Å². The van der Waals surface area contributed by atoms with Gasteiger partial charge in [-0.25, -0.2) is 0 Å². The van der Waals surface area contributed by atoms with Gasteiger partial charge in [-0.2, -0.15) is 0 Å². The Balaban J connectivity index is 1.74. The van der Waals surface area contributed by atoms with Gasteiger partial charge in [-0.05, 0) is 64.5 Å². The van der Waals surface area contributed by atoms with Crippen LogP contribution in [0.2, 0.25) is 5.02 Å². The standard InChI is InChI=1S/C24H15BrClNO2/c25-17-14-15-20(24-23(17)28-21-12-6-7-13-22(21)29-24)27(16-8-2-1-3-9-16)19-11-5-4-10-18(19)26/h1-15H. The van der Waals surface area contributed by atoms with Crippen LogP contribution in [0, 0.1) is 0 Å². The first kappa shape index (κ1) is 18.1. The van der Waals surface area contributed by atoms with Crippen LogP contribution in [0.4, 0.5) is 17.1 Å². The van der Waals surface area contributed by atoms with E-state index in [1.165, 1.54) is 0 Å². The third-order valence-electron chi connectivity index (χ3n) is 4.67. The molecule has 0 aliphatic carbocycles. The summed E-state index contributed by atoms with van der Waals surface area (Å²) >= 11 is 10.2. The van der Waals surface area contributed by atoms with Crippen molar-refractivity contribution < 1.29 is 9.47 Å². The summed E-state index contributed by atoms with van der Waals surface area (Å²) in [4.78, 5) is 2.07. The fraction of sp³-hybridized carbons (Fsp3) is 0. The molecule has 142 valence electrons. The third kappa shape index (κ3) is 3.24. The molecule has 1 heterocycles. The highest BCUT2D eigenvalue weighted by atomic mass is 79.9. The van der Waals surface area contributed by atoms with Crippen molar-refractivity contribution in [1.29, 1.82) is 0 Å². The zero-order chi connectivity index (χ0) is 19.8. The van der Waals surface area contributed by atoms with Crippen LogP contribution in [-0.2, 0) is 0 Å². The largest absolute Gasteiger partial charge is 0.448 e. The second-order valence-corrected chi connectivity index (χ2v) is 7.76. The van der Waals surface area contributed by atoms with Crippen molar-refractivity contribution in [1.82, 2.24) is 0 Å². The fourth-order valence-corrected chi connectivity index (χ4v) is 3.97. The van der Waals surface area contributed by atoms with Crippen molar-refractivity contribution in [3.05, 3.63) is 100 Å². The lowest BCUT2D eigenvalue weighted by molar-refractivity contribution is 0.358. The summed E-state index contributed by atoms with van der Waals surface area (Å²) in [5.41, 5.74) is 2.65. The summed E-state index contributed by atoms with van der Waals surface area (Å²) in [6, 6.07) is 29.4. The average Bonchev–Trinajstić information content (AvgIpc) is 2.76. The smallest absolute Gasteiger partial charge is 0.195 e. The molecule has 0 unspecified atom stereocenters. The first-order valence-corrected chi connectivity index (χ1v) is 10.3. The normalized spacial score (nSPS) is 11.7. The molecule has 5 heteroatoms. The quantitative estimate of drug-likeness (QED) is 0.267. The van der Waals surface area contributed by atoms with Crippen LogP contribution >= 0.6 is 27.5 Å². The van der Waals surface area contributed by atoms with E-state index < -0.39 is 0 Å². The average molecular weight is 465 g/mol. The van der Waals surface area contributed by atoms with Crippen molar-refractivity contribution >= 4 is 44.6 Å². The molecule has 0 fully saturated rings. The number of nitrogens with zero attached hydrogens (tertiary/aromatic N) is 1. The zero-order valence-corrected chi connectivity index (χ0v) is 17.5. The maximum absolute atomic E-state index is 6.59. The van der Waals surface area contributed by atoms with E-state index in [4.69, 9.17) is 21.1 Å². The van der Waals surface area contributed by atoms with Gasteiger partial charge in [0, 0.05) is 5.69 Å². The van der Waals surface area contributed by atoms with Gasteiger partial charge in [0.25, 0.3) is 0 Å². The summed E-state index contributed by atoms with van der Waals surface area (Å²) in [5.74, 6) is 2.62. The molecule has 4 aromatic rings. The Bertz CT molecular complexity index is 1200. The van der Waals surface area contributed by atoms with E-state index in [1.807, 2.05) is 91.0 Å². The number of fused-ring (bicyclic) bond motifs is 2. The summed E-state index contributed by atoms with van der Waals surface area (Å²) in [6.45, 7) is 0. The van der Waals surface area contributed by atoms with Crippen LogP contribution in [-0.4, -0.2) is 0 Å². The van der Waals surface area contributed by atoms with E-state index in [0.29, 0.717) is 28.0 Å². The molecule has 5 rings (SSSR count). The SMILES string of the molecule is Clc1ccccc1N(c1ccccc1)c1ccc(Br)c2c1Oc1ccccc1O2. The predicted octanol–water partition coefficient (Wildman–Crippen LogP) is 8.47. The molecule has 0 radical (unpaired) electrons. The second-order valence-electron chi connectivity index (χ2n) is 6.50. The second kappa shape index (κ2) is 7.47. The third-order valence-corrected chi connectivity index (χ3v) is 5.61. The van der Waals surface area contributed by atoms with Crippen LogP contribution < -0.4 is 14.4 Å². The monoisotopic (exact) mass is 463 g/mol. The number of para-hydroxylation sites is 4. The number of hydrogen-bond acceptors (Lipinski definition) is 3. The van der Waals surface area contributed by atoms with Crippen molar-refractivity contribution in [3.8, 4) is 23.0 Å². The van der Waals surface area contributed by atoms with E-state index in [1.54, 1.807) is 0 Å². The Morgan fingerprint density at radius 2 is 1.24 bits per heavy atom. The molecule has 0 bridgehead atoms. The highest BCUT2D eigenvalue weighted by Gasteiger charge is 2.28. The van der Waals surface area contributed by atoms with Crippen LogP contribution in [0.1, 0.15) is 0 Å². The van der Waals surface area contributed by atoms with E-state index in [0.717, 1.165) is 21.5 Å². The number of benzene rings is 4. The first-order valence-electron chi connectivity index (χ1n) is 9.09. The Kier molecular flexibility index (Phi) is 4.66. The van der Waals surface area contributed by atoms with E-state index in [9.17, 15) is 0 Å². The van der Waals surface area contributed by atoms with Gasteiger partial charge < -0.3 is 14.4 Å². The van der Waals surface area contributed by atoms with Crippen LogP contribution in [0.15, 0.2) is 95.5 Å². The Morgan fingerprint density at radius 1 is 0.621 bits per heavy atom. The minimum atomic E-state index is 0.627. The lowest BCUT2D eigenvalue weighted by Crippen LogP contribution is -2.13. The van der Waals surface area contributed by atoms with Gasteiger partial charge in [-0.1, -0.05) is 54.1 Å². The zero-order valence-electron chi connectivity index (χ0n) is 15.2. The van der Waals surface area contributed by atoms with Gasteiger partial charge in [-0.15, -0.1) is 0 Å². The first-order chi connectivity index (χ1) is 14.2. The van der Waals surface area contributed by atoms with Gasteiger partial charge in [0.2, 0.25) is 0 Å². The highest BCUT2D eigenvalue weighted by molar-refractivity contribution is 9.10. The minimum Gasteiger partial charge on any atom is -0.448 e. The van der Waals surface area contributed by atoms with Crippen molar-refractivity contribution in [3.63, 3.8) is 0 Å². The van der Waals surface area contributed by atoms with Gasteiger partial charge >= 0.3 is 0 Å². The molecule has 0 spiro atoms.